The predicted octanol–water partition coefficient (Wildman–Crippen LogP) is 1.58. The van der Waals surface area contributed by atoms with Crippen LogP contribution < -0.4 is 15.5 Å². The number of aliphatic hydroxyl groups is 1. The van der Waals surface area contributed by atoms with Gasteiger partial charge in [-0.3, -0.25) is 4.90 Å². The van der Waals surface area contributed by atoms with Crippen LogP contribution in [-0.4, -0.2) is 68.0 Å². The largest absolute Gasteiger partial charge is 0.394 e. The second-order valence-electron chi connectivity index (χ2n) is 6.71. The summed E-state index contributed by atoms with van der Waals surface area (Å²) >= 11 is 0. The number of nitrogens with zero attached hydrogens (tertiary/aromatic N) is 2. The van der Waals surface area contributed by atoms with Gasteiger partial charge in [0.1, 0.15) is 0 Å². The first-order valence-electron chi connectivity index (χ1n) is 9.31. The summed E-state index contributed by atoms with van der Waals surface area (Å²) in [4.78, 5) is 16.6. The molecule has 0 radical (unpaired) electrons. The van der Waals surface area contributed by atoms with Gasteiger partial charge in [0.2, 0.25) is 0 Å². The first-order chi connectivity index (χ1) is 12.1. The van der Waals surface area contributed by atoms with Crippen molar-refractivity contribution in [1.29, 1.82) is 0 Å². The lowest BCUT2D eigenvalue weighted by Crippen LogP contribution is -2.47. The van der Waals surface area contributed by atoms with Crippen LogP contribution in [0.1, 0.15) is 25.3 Å². The molecule has 6 nitrogen and oxygen atoms in total. The number of hydrogen-bond acceptors (Lipinski definition) is 4. The van der Waals surface area contributed by atoms with Gasteiger partial charge in [-0.15, -0.1) is 0 Å². The molecule has 1 aliphatic rings. The highest BCUT2D eigenvalue weighted by atomic mass is 16.3. The van der Waals surface area contributed by atoms with Crippen molar-refractivity contribution in [1.82, 2.24) is 15.5 Å². The van der Waals surface area contributed by atoms with E-state index in [2.05, 4.69) is 51.6 Å². The molecule has 1 fully saturated rings. The number of carbonyl (C=O) groups is 1. The van der Waals surface area contributed by atoms with Gasteiger partial charge in [-0.25, -0.2) is 4.79 Å². The quantitative estimate of drug-likeness (QED) is 0.624. The van der Waals surface area contributed by atoms with Gasteiger partial charge in [-0.2, -0.15) is 0 Å². The molecule has 3 N–H and O–H groups in total. The fraction of sp³-hybridized carbons (Fsp3) is 0.632. The molecule has 1 atom stereocenters. The molecule has 1 aromatic rings. The summed E-state index contributed by atoms with van der Waals surface area (Å²) in [5.74, 6) is 0. The first-order valence-corrected chi connectivity index (χ1v) is 9.31. The number of aryl methyl sites for hydroxylation is 1. The topological polar surface area (TPSA) is 67.8 Å². The van der Waals surface area contributed by atoms with Crippen molar-refractivity contribution < 1.29 is 9.90 Å². The predicted molar refractivity (Wildman–Crippen MR) is 102 cm³/mol. The summed E-state index contributed by atoms with van der Waals surface area (Å²) in [5, 5.41) is 14.7. The first kappa shape index (κ1) is 19.5. The van der Waals surface area contributed by atoms with Crippen LogP contribution in [0.25, 0.3) is 0 Å². The van der Waals surface area contributed by atoms with Crippen LogP contribution in [0.5, 0.6) is 0 Å². The Kier molecular flexibility index (Phi) is 8.01. The summed E-state index contributed by atoms with van der Waals surface area (Å²) in [5.41, 5.74) is 2.61. The molecule has 0 spiro atoms. The Morgan fingerprint density at radius 3 is 2.68 bits per heavy atom. The van der Waals surface area contributed by atoms with Crippen LogP contribution in [0.3, 0.4) is 0 Å². The molecule has 0 aliphatic carbocycles. The van der Waals surface area contributed by atoms with Crippen molar-refractivity contribution in [2.45, 2.75) is 32.7 Å². The van der Waals surface area contributed by atoms with Gasteiger partial charge in [-0.05, 0) is 44.0 Å². The minimum atomic E-state index is -0.190. The Morgan fingerprint density at radius 1 is 1.28 bits per heavy atom. The third kappa shape index (κ3) is 6.55. The smallest absolute Gasteiger partial charge is 0.315 e. The lowest BCUT2D eigenvalue weighted by atomic mass is 10.2. The second-order valence-corrected chi connectivity index (χ2v) is 6.71. The average molecular weight is 348 g/mol. The zero-order valence-electron chi connectivity index (χ0n) is 15.5. The van der Waals surface area contributed by atoms with Gasteiger partial charge in [0.05, 0.1) is 12.6 Å². The van der Waals surface area contributed by atoms with Crippen molar-refractivity contribution in [3.63, 3.8) is 0 Å². The van der Waals surface area contributed by atoms with Crippen LogP contribution >= 0.6 is 0 Å². The Hall–Kier alpha value is -1.79. The normalized spacial score (nSPS) is 16.5. The van der Waals surface area contributed by atoms with Gasteiger partial charge in [0.15, 0.2) is 0 Å². The maximum atomic E-state index is 11.7. The average Bonchev–Trinajstić information content (AvgIpc) is 2.64. The lowest BCUT2D eigenvalue weighted by Gasteiger charge is -2.36. The molecule has 0 bridgehead atoms. The standard InChI is InChI=1S/C19H32N4O2/c1-3-17(15-24)21-19(25)20-8-5-9-22-10-12-23(13-11-22)18-7-4-6-16(2)14-18/h4,6-7,14,17,24H,3,5,8-13,15H2,1-2H3,(H2,20,21,25). The molecule has 1 saturated heterocycles. The second kappa shape index (κ2) is 10.3. The Balaban J connectivity index is 1.60. The number of hydrogen-bond donors (Lipinski definition) is 3. The number of anilines is 1. The third-order valence-electron chi connectivity index (χ3n) is 4.72. The van der Waals surface area contributed by atoms with Gasteiger partial charge in [0, 0.05) is 38.4 Å². The summed E-state index contributed by atoms with van der Waals surface area (Å²) in [7, 11) is 0. The highest BCUT2D eigenvalue weighted by molar-refractivity contribution is 5.74. The minimum absolute atomic E-state index is 0.0187. The fourth-order valence-electron chi connectivity index (χ4n) is 3.07. The van der Waals surface area contributed by atoms with Gasteiger partial charge >= 0.3 is 6.03 Å². The van der Waals surface area contributed by atoms with Crippen molar-refractivity contribution in [2.75, 3.05) is 50.8 Å². The molecule has 1 unspecified atom stereocenters. The van der Waals surface area contributed by atoms with Crippen molar-refractivity contribution in [2.24, 2.45) is 0 Å². The number of aliphatic hydroxyl groups excluding tert-OH is 1. The van der Waals surface area contributed by atoms with Gasteiger partial charge < -0.3 is 20.6 Å². The Bertz CT molecular complexity index is 526. The number of nitrogens with one attached hydrogen (secondary N) is 2. The monoisotopic (exact) mass is 348 g/mol. The van der Waals surface area contributed by atoms with Crippen LogP contribution in [0.4, 0.5) is 10.5 Å². The van der Waals surface area contributed by atoms with E-state index in [-0.39, 0.29) is 18.7 Å². The van der Waals surface area contributed by atoms with E-state index in [1.807, 2.05) is 6.92 Å². The van der Waals surface area contributed by atoms with Gasteiger partial charge in [-0.1, -0.05) is 19.1 Å². The number of amides is 2. The number of rotatable bonds is 8. The summed E-state index contributed by atoms with van der Waals surface area (Å²) in [6.45, 7) is 9.92. The molecule has 6 heteroatoms. The van der Waals surface area contributed by atoms with E-state index in [1.54, 1.807) is 0 Å². The maximum absolute atomic E-state index is 11.7. The van der Waals surface area contributed by atoms with Crippen molar-refractivity contribution in [3.8, 4) is 0 Å². The molecule has 140 valence electrons. The zero-order chi connectivity index (χ0) is 18.1. The minimum Gasteiger partial charge on any atom is -0.394 e. The molecule has 0 saturated carbocycles. The highest BCUT2D eigenvalue weighted by Crippen LogP contribution is 2.17. The van der Waals surface area contributed by atoms with E-state index >= 15 is 0 Å². The third-order valence-corrected chi connectivity index (χ3v) is 4.72. The number of benzene rings is 1. The van der Waals surface area contributed by atoms with E-state index in [9.17, 15) is 4.79 Å². The van der Waals surface area contributed by atoms with Crippen molar-refractivity contribution >= 4 is 11.7 Å². The molecule has 25 heavy (non-hydrogen) atoms. The Morgan fingerprint density at radius 2 is 2.04 bits per heavy atom. The maximum Gasteiger partial charge on any atom is 0.315 e. The molecular weight excluding hydrogens is 316 g/mol. The SMILES string of the molecule is CCC(CO)NC(=O)NCCCN1CCN(c2cccc(C)c2)CC1. The van der Waals surface area contributed by atoms with E-state index in [4.69, 9.17) is 5.11 Å². The lowest BCUT2D eigenvalue weighted by molar-refractivity contribution is 0.213. The molecule has 1 aliphatic heterocycles. The van der Waals surface area contributed by atoms with E-state index in [0.717, 1.165) is 45.6 Å². The fourth-order valence-corrected chi connectivity index (χ4v) is 3.07. The Labute approximate surface area is 151 Å². The van der Waals surface area contributed by atoms with Crippen LogP contribution in [0, 0.1) is 6.92 Å². The molecule has 1 heterocycles. The van der Waals surface area contributed by atoms with Crippen molar-refractivity contribution in [3.05, 3.63) is 29.8 Å². The van der Waals surface area contributed by atoms with Gasteiger partial charge in [0.25, 0.3) is 0 Å². The van der Waals surface area contributed by atoms with Crippen LogP contribution in [0.2, 0.25) is 0 Å². The van der Waals surface area contributed by atoms with Crippen LogP contribution in [-0.2, 0) is 0 Å². The number of urea groups is 1. The molecular formula is C19H32N4O2. The molecule has 1 aromatic carbocycles. The van der Waals surface area contributed by atoms with E-state index in [1.165, 1.54) is 11.3 Å². The molecule has 2 amide bonds. The molecule has 0 aromatic heterocycles. The summed E-state index contributed by atoms with van der Waals surface area (Å²) in [6, 6.07) is 8.33. The summed E-state index contributed by atoms with van der Waals surface area (Å²) < 4.78 is 0. The number of carbonyl (C=O) groups excluding carboxylic acids is 1. The van der Waals surface area contributed by atoms with E-state index < -0.39 is 0 Å². The zero-order valence-corrected chi connectivity index (χ0v) is 15.5. The summed E-state index contributed by atoms with van der Waals surface area (Å²) in [6.07, 6.45) is 1.67. The highest BCUT2D eigenvalue weighted by Gasteiger charge is 2.17. The van der Waals surface area contributed by atoms with E-state index in [0.29, 0.717) is 6.54 Å². The molecule has 2 rings (SSSR count). The number of piperazine rings is 1. The van der Waals surface area contributed by atoms with Crippen LogP contribution in [0.15, 0.2) is 24.3 Å².